The molecule has 0 radical (unpaired) electrons. The third kappa shape index (κ3) is 2.65. The van der Waals surface area contributed by atoms with Gasteiger partial charge in [0.1, 0.15) is 0 Å². The van der Waals surface area contributed by atoms with Crippen molar-refractivity contribution in [2.75, 3.05) is 31.6 Å². The van der Waals surface area contributed by atoms with Gasteiger partial charge >= 0.3 is 0 Å². The highest BCUT2D eigenvalue weighted by Gasteiger charge is 2.12. The number of rotatable bonds is 3. The second-order valence-electron chi connectivity index (χ2n) is 3.18. The van der Waals surface area contributed by atoms with Gasteiger partial charge in [0, 0.05) is 31.5 Å². The first-order valence-corrected chi connectivity index (χ1v) is 4.77. The molecule has 0 aliphatic carbocycles. The van der Waals surface area contributed by atoms with Crippen LogP contribution in [0, 0.1) is 0 Å². The third-order valence-corrected chi connectivity index (χ3v) is 2.07. The van der Waals surface area contributed by atoms with Gasteiger partial charge in [-0.15, -0.1) is 0 Å². The second-order valence-corrected chi connectivity index (χ2v) is 3.18. The summed E-state index contributed by atoms with van der Waals surface area (Å²) >= 11 is 0. The summed E-state index contributed by atoms with van der Waals surface area (Å²) in [7, 11) is 0. The summed E-state index contributed by atoms with van der Waals surface area (Å²) in [6.45, 7) is 3.27. The Hall–Kier alpha value is -1.20. The van der Waals surface area contributed by atoms with E-state index < -0.39 is 0 Å². The van der Waals surface area contributed by atoms with E-state index in [0.29, 0.717) is 12.0 Å². The van der Waals surface area contributed by atoms with E-state index in [2.05, 4.69) is 20.6 Å². The average molecular weight is 194 g/mol. The van der Waals surface area contributed by atoms with Gasteiger partial charge in [0.25, 0.3) is 0 Å². The topological polar surface area (TPSA) is 59.1 Å². The number of hydrogen-bond acceptors (Lipinski definition) is 5. The van der Waals surface area contributed by atoms with Crippen LogP contribution in [0.1, 0.15) is 0 Å². The first-order chi connectivity index (χ1) is 6.95. The highest BCUT2D eigenvalue weighted by molar-refractivity contribution is 5.22. The molecular weight excluding hydrogens is 180 g/mol. The van der Waals surface area contributed by atoms with Crippen LogP contribution in [0.5, 0.6) is 0 Å². The maximum absolute atomic E-state index is 5.33. The Morgan fingerprint density at radius 2 is 2.36 bits per heavy atom. The van der Waals surface area contributed by atoms with Gasteiger partial charge < -0.3 is 15.4 Å². The van der Waals surface area contributed by atoms with Gasteiger partial charge in [0.2, 0.25) is 5.95 Å². The molecule has 1 aliphatic rings. The summed E-state index contributed by atoms with van der Waals surface area (Å²) in [4.78, 5) is 8.14. The van der Waals surface area contributed by atoms with Crippen LogP contribution in [0.2, 0.25) is 0 Å². The molecule has 2 N–H and O–H groups in total. The Balaban J connectivity index is 1.76. The lowest BCUT2D eigenvalue weighted by Crippen LogP contribution is -2.45. The fourth-order valence-electron chi connectivity index (χ4n) is 1.36. The first-order valence-electron chi connectivity index (χ1n) is 4.77. The summed E-state index contributed by atoms with van der Waals surface area (Å²) in [6.07, 6.45) is 3.44. The zero-order valence-electron chi connectivity index (χ0n) is 7.94. The number of nitrogens with one attached hydrogen (secondary N) is 2. The number of anilines is 1. The molecular formula is C9H14N4O. The molecule has 1 atom stereocenters. The zero-order chi connectivity index (χ0) is 9.64. The summed E-state index contributed by atoms with van der Waals surface area (Å²) < 4.78 is 5.33. The number of aromatic nitrogens is 2. The molecule has 0 aromatic carbocycles. The molecule has 2 heterocycles. The molecule has 76 valence electrons. The second kappa shape index (κ2) is 4.88. The smallest absolute Gasteiger partial charge is 0.222 e. The van der Waals surface area contributed by atoms with E-state index in [0.717, 1.165) is 26.3 Å². The average Bonchev–Trinajstić information content (AvgIpc) is 2.29. The van der Waals surface area contributed by atoms with Crippen LogP contribution in [-0.2, 0) is 4.74 Å². The molecule has 0 bridgehead atoms. The lowest BCUT2D eigenvalue weighted by molar-refractivity contribution is 0.0806. The number of nitrogens with zero attached hydrogens (tertiary/aromatic N) is 2. The normalized spacial score (nSPS) is 21.9. The molecule has 5 heteroatoms. The molecule has 1 fully saturated rings. The lowest BCUT2D eigenvalue weighted by atomic mass is 10.3. The van der Waals surface area contributed by atoms with Crippen molar-refractivity contribution in [2.24, 2.45) is 0 Å². The van der Waals surface area contributed by atoms with Crippen molar-refractivity contribution < 1.29 is 4.74 Å². The highest BCUT2D eigenvalue weighted by atomic mass is 16.5. The quantitative estimate of drug-likeness (QED) is 0.702. The van der Waals surface area contributed by atoms with E-state index in [1.165, 1.54) is 0 Å². The number of morpholine rings is 1. The monoisotopic (exact) mass is 194 g/mol. The van der Waals surface area contributed by atoms with Crippen molar-refractivity contribution in [3.05, 3.63) is 18.5 Å². The van der Waals surface area contributed by atoms with Gasteiger partial charge in [0.05, 0.1) is 13.2 Å². The fraction of sp³-hybridized carbons (Fsp3) is 0.556. The van der Waals surface area contributed by atoms with Crippen LogP contribution < -0.4 is 10.6 Å². The van der Waals surface area contributed by atoms with Crippen molar-refractivity contribution in [2.45, 2.75) is 6.04 Å². The molecule has 0 amide bonds. The van der Waals surface area contributed by atoms with Crippen LogP contribution in [0.3, 0.4) is 0 Å². The number of hydrogen-bond donors (Lipinski definition) is 2. The Bertz CT molecular complexity index is 261. The van der Waals surface area contributed by atoms with Crippen LogP contribution in [0.4, 0.5) is 5.95 Å². The lowest BCUT2D eigenvalue weighted by Gasteiger charge is -2.23. The molecule has 14 heavy (non-hydrogen) atoms. The standard InChI is InChI=1S/C9H14N4O/c1-2-11-9(12-3-1)13-6-8-7-14-5-4-10-8/h1-3,8,10H,4-7H2,(H,11,12,13). The van der Waals surface area contributed by atoms with Gasteiger partial charge in [-0.2, -0.15) is 0 Å². The minimum Gasteiger partial charge on any atom is -0.378 e. The molecule has 2 rings (SSSR count). The van der Waals surface area contributed by atoms with Gasteiger partial charge in [0.15, 0.2) is 0 Å². The van der Waals surface area contributed by atoms with E-state index in [9.17, 15) is 0 Å². The van der Waals surface area contributed by atoms with Crippen LogP contribution in [0.15, 0.2) is 18.5 Å². The Kier molecular flexibility index (Phi) is 3.26. The highest BCUT2D eigenvalue weighted by Crippen LogP contribution is 1.97. The maximum atomic E-state index is 5.33. The zero-order valence-corrected chi connectivity index (χ0v) is 7.94. The minimum atomic E-state index is 0.354. The van der Waals surface area contributed by atoms with Crippen LogP contribution >= 0.6 is 0 Å². The molecule has 1 saturated heterocycles. The van der Waals surface area contributed by atoms with Gasteiger partial charge in [-0.25, -0.2) is 9.97 Å². The molecule has 1 unspecified atom stereocenters. The van der Waals surface area contributed by atoms with Crippen molar-refractivity contribution in [3.63, 3.8) is 0 Å². The summed E-state index contributed by atoms with van der Waals surface area (Å²) in [5, 5.41) is 6.50. The minimum absolute atomic E-state index is 0.354. The van der Waals surface area contributed by atoms with Crippen LogP contribution in [0.25, 0.3) is 0 Å². The van der Waals surface area contributed by atoms with E-state index in [4.69, 9.17) is 4.74 Å². The summed E-state index contributed by atoms with van der Waals surface area (Å²) in [5.74, 6) is 0.667. The molecule has 0 spiro atoms. The van der Waals surface area contributed by atoms with Gasteiger partial charge in [-0.1, -0.05) is 0 Å². The number of ether oxygens (including phenoxy) is 1. The largest absolute Gasteiger partial charge is 0.378 e. The Morgan fingerprint density at radius 1 is 1.50 bits per heavy atom. The SMILES string of the molecule is c1cnc(NCC2COCCN2)nc1. The Morgan fingerprint density at radius 3 is 3.07 bits per heavy atom. The van der Waals surface area contributed by atoms with Gasteiger partial charge in [-0.05, 0) is 6.07 Å². The maximum Gasteiger partial charge on any atom is 0.222 e. The summed E-state index contributed by atoms with van der Waals surface area (Å²) in [6, 6.07) is 2.15. The third-order valence-electron chi connectivity index (χ3n) is 2.07. The summed E-state index contributed by atoms with van der Waals surface area (Å²) in [5.41, 5.74) is 0. The van der Waals surface area contributed by atoms with E-state index >= 15 is 0 Å². The van der Waals surface area contributed by atoms with E-state index in [1.54, 1.807) is 18.5 Å². The fourth-order valence-corrected chi connectivity index (χ4v) is 1.36. The van der Waals surface area contributed by atoms with Crippen molar-refractivity contribution in [1.82, 2.24) is 15.3 Å². The molecule has 0 saturated carbocycles. The molecule has 1 aliphatic heterocycles. The first kappa shape index (κ1) is 9.36. The van der Waals surface area contributed by atoms with Crippen molar-refractivity contribution in [3.8, 4) is 0 Å². The predicted molar refractivity (Wildman–Crippen MR) is 53.1 cm³/mol. The van der Waals surface area contributed by atoms with E-state index in [1.807, 2.05) is 0 Å². The molecule has 1 aromatic rings. The van der Waals surface area contributed by atoms with E-state index in [-0.39, 0.29) is 0 Å². The van der Waals surface area contributed by atoms with Crippen molar-refractivity contribution >= 4 is 5.95 Å². The van der Waals surface area contributed by atoms with Crippen molar-refractivity contribution in [1.29, 1.82) is 0 Å². The molecule has 5 nitrogen and oxygen atoms in total. The Labute approximate surface area is 82.9 Å². The molecule has 1 aromatic heterocycles. The predicted octanol–water partition coefficient (Wildman–Crippen LogP) is -0.123. The van der Waals surface area contributed by atoms with Gasteiger partial charge in [-0.3, -0.25) is 0 Å². The van der Waals surface area contributed by atoms with Crippen LogP contribution in [-0.4, -0.2) is 42.3 Å².